The summed E-state index contributed by atoms with van der Waals surface area (Å²) in [5.74, 6) is 1.14. The first-order valence-electron chi connectivity index (χ1n) is 6.43. The third kappa shape index (κ3) is 2.54. The van der Waals surface area contributed by atoms with Crippen molar-refractivity contribution in [1.29, 1.82) is 0 Å². The molecule has 3 aromatic rings. The number of imidazole rings is 1. The van der Waals surface area contributed by atoms with Crippen molar-refractivity contribution in [2.75, 3.05) is 5.73 Å². The topological polar surface area (TPSA) is 82.8 Å². The number of nitrogens with zero attached hydrogens (tertiary/aromatic N) is 4. The molecule has 6 nitrogen and oxygen atoms in total. The molecule has 2 heterocycles. The molecule has 0 saturated heterocycles. The summed E-state index contributed by atoms with van der Waals surface area (Å²) in [7, 11) is 0. The van der Waals surface area contributed by atoms with Crippen LogP contribution in [0, 0.1) is 0 Å². The van der Waals surface area contributed by atoms with Crippen molar-refractivity contribution < 1.29 is 4.52 Å². The van der Waals surface area contributed by atoms with Crippen molar-refractivity contribution in [2.45, 2.75) is 19.9 Å². The molecule has 3 rings (SSSR count). The summed E-state index contributed by atoms with van der Waals surface area (Å²) >= 11 is 0. The third-order valence-electron chi connectivity index (χ3n) is 2.98. The molecule has 0 spiro atoms. The Hall–Kier alpha value is -2.63. The van der Waals surface area contributed by atoms with Crippen LogP contribution in [0.1, 0.15) is 18.3 Å². The number of anilines is 1. The predicted octanol–water partition coefficient (Wildman–Crippen LogP) is 2.13. The molecule has 0 radical (unpaired) electrons. The summed E-state index contributed by atoms with van der Waals surface area (Å²) in [4.78, 5) is 8.55. The Balaban J connectivity index is 1.78. The van der Waals surface area contributed by atoms with Crippen LogP contribution in [0.5, 0.6) is 0 Å². The summed E-state index contributed by atoms with van der Waals surface area (Å²) < 4.78 is 7.14. The molecular weight excluding hydrogens is 254 g/mol. The number of aromatic nitrogens is 4. The first-order chi connectivity index (χ1) is 9.74. The van der Waals surface area contributed by atoms with Gasteiger partial charge in [-0.2, -0.15) is 4.98 Å². The second kappa shape index (κ2) is 5.16. The van der Waals surface area contributed by atoms with E-state index in [0.717, 1.165) is 24.2 Å². The van der Waals surface area contributed by atoms with Gasteiger partial charge in [0.15, 0.2) is 5.82 Å². The fourth-order valence-corrected chi connectivity index (χ4v) is 1.89. The minimum atomic E-state index is 0.456. The van der Waals surface area contributed by atoms with Crippen molar-refractivity contribution in [3.05, 3.63) is 48.2 Å². The minimum absolute atomic E-state index is 0.456. The van der Waals surface area contributed by atoms with E-state index in [1.165, 1.54) is 0 Å². The molecule has 0 aliphatic carbocycles. The van der Waals surface area contributed by atoms with E-state index in [4.69, 9.17) is 10.3 Å². The molecule has 2 aromatic heterocycles. The van der Waals surface area contributed by atoms with Gasteiger partial charge in [0.2, 0.25) is 0 Å². The highest BCUT2D eigenvalue weighted by atomic mass is 16.5. The van der Waals surface area contributed by atoms with Crippen LogP contribution >= 0.6 is 0 Å². The van der Waals surface area contributed by atoms with Crippen molar-refractivity contribution in [3.63, 3.8) is 0 Å². The maximum Gasteiger partial charge on any atom is 0.278 e. The van der Waals surface area contributed by atoms with Gasteiger partial charge in [-0.25, -0.2) is 4.98 Å². The van der Waals surface area contributed by atoms with E-state index >= 15 is 0 Å². The summed E-state index contributed by atoms with van der Waals surface area (Å²) in [5, 5.41) is 3.86. The van der Waals surface area contributed by atoms with Gasteiger partial charge >= 0.3 is 0 Å². The van der Waals surface area contributed by atoms with Crippen LogP contribution in [0.2, 0.25) is 0 Å². The van der Waals surface area contributed by atoms with Gasteiger partial charge in [0.1, 0.15) is 5.69 Å². The van der Waals surface area contributed by atoms with E-state index < -0.39 is 0 Å². The molecule has 0 atom stereocenters. The highest BCUT2D eigenvalue weighted by Gasteiger charge is 2.10. The molecule has 6 heteroatoms. The molecule has 0 aliphatic heterocycles. The summed E-state index contributed by atoms with van der Waals surface area (Å²) in [6, 6.07) is 7.77. The van der Waals surface area contributed by atoms with Crippen LogP contribution in [0.15, 0.2) is 41.3 Å². The Kier molecular flexibility index (Phi) is 3.20. The largest absolute Gasteiger partial charge is 0.399 e. The highest BCUT2D eigenvalue weighted by Crippen LogP contribution is 2.15. The molecule has 0 unspecified atom stereocenters. The molecule has 0 amide bonds. The minimum Gasteiger partial charge on any atom is -0.399 e. The van der Waals surface area contributed by atoms with Crippen molar-refractivity contribution in [1.82, 2.24) is 19.7 Å². The number of benzene rings is 1. The molecule has 1 aromatic carbocycles. The van der Waals surface area contributed by atoms with Crippen molar-refractivity contribution in [2.24, 2.45) is 0 Å². The lowest BCUT2D eigenvalue weighted by molar-refractivity contribution is 0.422. The zero-order valence-corrected chi connectivity index (χ0v) is 11.2. The third-order valence-corrected chi connectivity index (χ3v) is 2.98. The van der Waals surface area contributed by atoms with E-state index in [2.05, 4.69) is 15.1 Å². The zero-order chi connectivity index (χ0) is 13.9. The molecule has 20 heavy (non-hydrogen) atoms. The van der Waals surface area contributed by atoms with Gasteiger partial charge in [0.25, 0.3) is 5.89 Å². The highest BCUT2D eigenvalue weighted by molar-refractivity contribution is 5.44. The molecule has 2 N–H and O–H groups in total. The maximum atomic E-state index is 5.67. The van der Waals surface area contributed by atoms with Crippen LogP contribution in [0.3, 0.4) is 0 Å². The smallest absolute Gasteiger partial charge is 0.278 e. The number of hydrogen-bond acceptors (Lipinski definition) is 5. The maximum absolute atomic E-state index is 5.67. The van der Waals surface area contributed by atoms with E-state index in [-0.39, 0.29) is 0 Å². The molecule has 0 bridgehead atoms. The van der Waals surface area contributed by atoms with Gasteiger partial charge in [0.05, 0.1) is 6.33 Å². The number of aryl methyl sites for hydroxylation is 1. The Morgan fingerprint density at radius 1 is 1.25 bits per heavy atom. The average molecular weight is 269 g/mol. The zero-order valence-electron chi connectivity index (χ0n) is 11.2. The second-order valence-corrected chi connectivity index (χ2v) is 4.54. The first-order valence-corrected chi connectivity index (χ1v) is 6.43. The van der Waals surface area contributed by atoms with Gasteiger partial charge in [-0.1, -0.05) is 24.2 Å². The first kappa shape index (κ1) is 12.4. The van der Waals surface area contributed by atoms with E-state index in [1.807, 2.05) is 42.0 Å². The van der Waals surface area contributed by atoms with E-state index in [1.54, 1.807) is 6.33 Å². The number of rotatable bonds is 4. The lowest BCUT2D eigenvalue weighted by Crippen LogP contribution is -1.96. The van der Waals surface area contributed by atoms with Gasteiger partial charge in [-0.15, -0.1) is 0 Å². The number of nitrogens with two attached hydrogens (primary N) is 1. The van der Waals surface area contributed by atoms with Crippen LogP contribution in [0.4, 0.5) is 5.69 Å². The summed E-state index contributed by atoms with van der Waals surface area (Å²) in [6.45, 7) is 2.70. The van der Waals surface area contributed by atoms with Crippen LogP contribution in [-0.4, -0.2) is 19.7 Å². The Labute approximate surface area is 116 Å². The monoisotopic (exact) mass is 269 g/mol. The lowest BCUT2D eigenvalue weighted by atomic mass is 10.2. The average Bonchev–Trinajstić information content (AvgIpc) is 3.10. The van der Waals surface area contributed by atoms with Crippen molar-refractivity contribution >= 4 is 5.69 Å². The van der Waals surface area contributed by atoms with E-state index in [0.29, 0.717) is 17.4 Å². The van der Waals surface area contributed by atoms with Gasteiger partial charge in [-0.3, -0.25) is 0 Å². The van der Waals surface area contributed by atoms with Crippen molar-refractivity contribution in [3.8, 4) is 11.6 Å². The molecule has 0 fully saturated rings. The lowest BCUT2D eigenvalue weighted by Gasteiger charge is -2.02. The Bertz CT molecular complexity index is 698. The van der Waals surface area contributed by atoms with Gasteiger partial charge in [-0.05, 0) is 17.7 Å². The van der Waals surface area contributed by atoms with Crippen LogP contribution in [-0.2, 0) is 13.0 Å². The van der Waals surface area contributed by atoms with Crippen LogP contribution < -0.4 is 5.73 Å². The molecule has 0 saturated carbocycles. The fourth-order valence-electron chi connectivity index (χ4n) is 1.89. The molecule has 102 valence electrons. The molecule has 0 aliphatic rings. The van der Waals surface area contributed by atoms with Crippen LogP contribution in [0.25, 0.3) is 11.6 Å². The predicted molar refractivity (Wildman–Crippen MR) is 74.9 cm³/mol. The molecular formula is C14H15N5O. The SMILES string of the molecule is CCc1noc(-c2cn(Cc3ccc(N)cc3)cn2)n1. The van der Waals surface area contributed by atoms with Gasteiger partial charge in [0, 0.05) is 24.8 Å². The summed E-state index contributed by atoms with van der Waals surface area (Å²) in [6.07, 6.45) is 4.39. The Morgan fingerprint density at radius 3 is 2.75 bits per heavy atom. The fraction of sp³-hybridized carbons (Fsp3) is 0.214. The van der Waals surface area contributed by atoms with Gasteiger partial charge < -0.3 is 14.8 Å². The normalized spacial score (nSPS) is 10.8. The van der Waals surface area contributed by atoms with E-state index in [9.17, 15) is 0 Å². The quantitative estimate of drug-likeness (QED) is 0.733. The summed E-state index contributed by atoms with van der Waals surface area (Å²) in [5.41, 5.74) is 8.27. The number of nitrogen functional groups attached to an aromatic ring is 1. The number of hydrogen-bond donors (Lipinski definition) is 1. The Morgan fingerprint density at radius 2 is 2.05 bits per heavy atom. The standard InChI is InChI=1S/C14H15N5O/c1-2-13-17-14(20-18-13)12-8-19(9-16-12)7-10-3-5-11(15)6-4-10/h3-6,8-9H,2,7,15H2,1H3. The second-order valence-electron chi connectivity index (χ2n) is 4.54.